The predicted molar refractivity (Wildman–Crippen MR) is 157 cm³/mol. The Bertz CT molecular complexity index is 1430. The first-order chi connectivity index (χ1) is 19.8. The summed E-state index contributed by atoms with van der Waals surface area (Å²) in [5.74, 6) is 0.893. The Morgan fingerprint density at radius 2 is 1.63 bits per heavy atom. The van der Waals surface area contributed by atoms with Crippen molar-refractivity contribution in [2.24, 2.45) is 4.99 Å². The van der Waals surface area contributed by atoms with E-state index >= 15 is 0 Å². The number of hydrogen-bond acceptors (Lipinski definition) is 9. The molecule has 0 bridgehead atoms. The maximum absolute atomic E-state index is 13.4. The molecule has 2 amide bonds. The number of carbonyl (C=O) groups excluding carboxylic acids is 3. The number of anilines is 1. The number of amides is 2. The SMILES string of the molecule is COC(=O)c1ccc(NC(=O)[C@H]2CC(=O)N(CCc3ccc(OC)c(OC)c3)C(=Nc3ccc(OC)cc3)S2)cc1. The van der Waals surface area contributed by atoms with Crippen molar-refractivity contribution in [1.29, 1.82) is 0 Å². The second kappa shape index (κ2) is 13.7. The number of rotatable bonds is 10. The van der Waals surface area contributed by atoms with Gasteiger partial charge in [0, 0.05) is 18.7 Å². The predicted octanol–water partition coefficient (Wildman–Crippen LogP) is 4.70. The van der Waals surface area contributed by atoms with Crippen LogP contribution < -0.4 is 19.5 Å². The average molecular weight is 578 g/mol. The molecule has 1 atom stereocenters. The van der Waals surface area contributed by atoms with E-state index in [1.807, 2.05) is 18.2 Å². The van der Waals surface area contributed by atoms with E-state index in [9.17, 15) is 14.4 Å². The van der Waals surface area contributed by atoms with Crippen molar-refractivity contribution in [2.75, 3.05) is 40.3 Å². The molecule has 0 radical (unpaired) electrons. The van der Waals surface area contributed by atoms with E-state index in [0.29, 0.717) is 52.3 Å². The minimum Gasteiger partial charge on any atom is -0.497 e. The number of benzene rings is 3. The van der Waals surface area contributed by atoms with Crippen molar-refractivity contribution in [3.8, 4) is 17.2 Å². The number of amidine groups is 1. The van der Waals surface area contributed by atoms with Gasteiger partial charge >= 0.3 is 5.97 Å². The first-order valence-electron chi connectivity index (χ1n) is 12.7. The van der Waals surface area contributed by atoms with Gasteiger partial charge in [-0.05, 0) is 72.6 Å². The zero-order valence-corrected chi connectivity index (χ0v) is 24.0. The molecule has 0 saturated carbocycles. The number of thioether (sulfide) groups is 1. The van der Waals surface area contributed by atoms with Gasteiger partial charge in [0.05, 0.1) is 39.7 Å². The molecule has 1 N–H and O–H groups in total. The Labute approximate surface area is 242 Å². The van der Waals surface area contributed by atoms with E-state index in [0.717, 1.165) is 5.56 Å². The van der Waals surface area contributed by atoms with Crippen LogP contribution in [0.3, 0.4) is 0 Å². The Hall–Kier alpha value is -4.51. The average Bonchev–Trinajstić information content (AvgIpc) is 3.00. The van der Waals surface area contributed by atoms with Crippen LogP contribution in [0.4, 0.5) is 11.4 Å². The lowest BCUT2D eigenvalue weighted by Crippen LogP contribution is -2.46. The van der Waals surface area contributed by atoms with Crippen molar-refractivity contribution in [3.05, 3.63) is 77.9 Å². The summed E-state index contributed by atoms with van der Waals surface area (Å²) in [4.78, 5) is 44.6. The summed E-state index contributed by atoms with van der Waals surface area (Å²) < 4.78 is 20.7. The largest absolute Gasteiger partial charge is 0.497 e. The standard InChI is InChI=1S/C30H31N3O7S/c1-37-23-12-10-22(11-13-23)32-30-33(16-15-19-5-14-24(38-2)25(17-19)39-3)27(34)18-26(41-30)28(35)31-21-8-6-20(7-9-21)29(36)40-4/h5-14,17,26H,15-16,18H2,1-4H3,(H,31,35)/t26-/m1/s1. The third kappa shape index (κ3) is 7.37. The summed E-state index contributed by atoms with van der Waals surface area (Å²) in [6, 6.07) is 19.1. The van der Waals surface area contributed by atoms with Crippen LogP contribution in [0.5, 0.6) is 17.2 Å². The Balaban J connectivity index is 1.54. The number of aliphatic imine (C=N–C) groups is 1. The van der Waals surface area contributed by atoms with Crippen LogP contribution in [-0.4, -0.2) is 68.1 Å². The van der Waals surface area contributed by atoms with E-state index in [1.165, 1.54) is 18.9 Å². The van der Waals surface area contributed by atoms with E-state index in [1.54, 1.807) is 74.8 Å². The van der Waals surface area contributed by atoms with Crippen LogP contribution in [0.25, 0.3) is 0 Å². The minimum atomic E-state index is -0.697. The first kappa shape index (κ1) is 29.5. The quantitative estimate of drug-likeness (QED) is 0.345. The lowest BCUT2D eigenvalue weighted by atomic mass is 10.1. The number of methoxy groups -OCH3 is 4. The number of esters is 1. The van der Waals surface area contributed by atoms with Gasteiger partial charge in [0.15, 0.2) is 16.7 Å². The van der Waals surface area contributed by atoms with Crippen LogP contribution in [0, 0.1) is 0 Å². The van der Waals surface area contributed by atoms with Crippen molar-refractivity contribution < 1.29 is 33.3 Å². The van der Waals surface area contributed by atoms with Crippen molar-refractivity contribution in [3.63, 3.8) is 0 Å². The molecule has 0 aliphatic carbocycles. The van der Waals surface area contributed by atoms with Gasteiger partial charge in [-0.3, -0.25) is 14.5 Å². The lowest BCUT2D eigenvalue weighted by molar-refractivity contribution is -0.129. The molecule has 1 fully saturated rings. The summed E-state index contributed by atoms with van der Waals surface area (Å²) in [7, 11) is 6.04. The summed E-state index contributed by atoms with van der Waals surface area (Å²) in [6.07, 6.45) is 0.544. The van der Waals surface area contributed by atoms with Gasteiger partial charge in [-0.2, -0.15) is 0 Å². The molecule has 11 heteroatoms. The van der Waals surface area contributed by atoms with Crippen LogP contribution in [0.1, 0.15) is 22.3 Å². The summed E-state index contributed by atoms with van der Waals surface area (Å²) in [5, 5.41) is 2.56. The molecule has 1 saturated heterocycles. The van der Waals surface area contributed by atoms with Gasteiger partial charge in [0.1, 0.15) is 11.0 Å². The van der Waals surface area contributed by atoms with E-state index in [4.69, 9.17) is 23.9 Å². The zero-order chi connectivity index (χ0) is 29.4. The molecule has 1 heterocycles. The minimum absolute atomic E-state index is 0.00428. The second-order valence-electron chi connectivity index (χ2n) is 8.95. The van der Waals surface area contributed by atoms with E-state index in [-0.39, 0.29) is 18.2 Å². The summed E-state index contributed by atoms with van der Waals surface area (Å²) in [6.45, 7) is 0.361. The van der Waals surface area contributed by atoms with E-state index < -0.39 is 11.2 Å². The molecule has 3 aromatic carbocycles. The molecule has 214 valence electrons. The number of carbonyl (C=O) groups is 3. The smallest absolute Gasteiger partial charge is 0.337 e. The van der Waals surface area contributed by atoms with Gasteiger partial charge in [0.25, 0.3) is 0 Å². The second-order valence-corrected chi connectivity index (χ2v) is 10.1. The number of nitrogens with one attached hydrogen (secondary N) is 1. The highest BCUT2D eigenvalue weighted by molar-refractivity contribution is 8.15. The molecule has 4 rings (SSSR count). The molecular formula is C30H31N3O7S. The third-order valence-electron chi connectivity index (χ3n) is 6.37. The molecule has 0 aromatic heterocycles. The maximum Gasteiger partial charge on any atom is 0.337 e. The molecule has 3 aromatic rings. The van der Waals surface area contributed by atoms with Crippen LogP contribution in [0.15, 0.2) is 71.7 Å². The van der Waals surface area contributed by atoms with Crippen LogP contribution >= 0.6 is 11.8 Å². The fourth-order valence-electron chi connectivity index (χ4n) is 4.14. The number of hydrogen-bond donors (Lipinski definition) is 1. The normalized spacial score (nSPS) is 15.8. The summed E-state index contributed by atoms with van der Waals surface area (Å²) in [5.41, 5.74) is 2.45. The molecule has 1 aliphatic rings. The number of nitrogens with zero attached hydrogens (tertiary/aromatic N) is 2. The third-order valence-corrected chi connectivity index (χ3v) is 7.56. The Morgan fingerprint density at radius 1 is 0.927 bits per heavy atom. The van der Waals surface area contributed by atoms with Gasteiger partial charge in [0.2, 0.25) is 11.8 Å². The fourth-order valence-corrected chi connectivity index (χ4v) is 5.26. The topological polar surface area (TPSA) is 116 Å². The molecule has 0 unspecified atom stereocenters. The Morgan fingerprint density at radius 3 is 2.27 bits per heavy atom. The monoisotopic (exact) mass is 577 g/mol. The van der Waals surface area contributed by atoms with Gasteiger partial charge in [-0.1, -0.05) is 17.8 Å². The zero-order valence-electron chi connectivity index (χ0n) is 23.2. The maximum atomic E-state index is 13.4. The number of ether oxygens (including phenoxy) is 4. The Kier molecular flexibility index (Phi) is 9.86. The lowest BCUT2D eigenvalue weighted by Gasteiger charge is -2.32. The molecule has 10 nitrogen and oxygen atoms in total. The molecule has 1 aliphatic heterocycles. The van der Waals surface area contributed by atoms with Crippen LogP contribution in [0.2, 0.25) is 0 Å². The summed E-state index contributed by atoms with van der Waals surface area (Å²) >= 11 is 1.23. The van der Waals surface area contributed by atoms with E-state index in [2.05, 4.69) is 5.32 Å². The molecular weight excluding hydrogens is 546 g/mol. The van der Waals surface area contributed by atoms with Gasteiger partial charge in [-0.25, -0.2) is 9.79 Å². The van der Waals surface area contributed by atoms with Gasteiger partial charge in [-0.15, -0.1) is 0 Å². The van der Waals surface area contributed by atoms with Gasteiger partial charge < -0.3 is 24.3 Å². The van der Waals surface area contributed by atoms with Crippen molar-refractivity contribution in [1.82, 2.24) is 4.90 Å². The highest BCUT2D eigenvalue weighted by Crippen LogP contribution is 2.32. The van der Waals surface area contributed by atoms with Crippen LogP contribution in [-0.2, 0) is 20.7 Å². The molecule has 41 heavy (non-hydrogen) atoms. The highest BCUT2D eigenvalue weighted by Gasteiger charge is 2.36. The van der Waals surface area contributed by atoms with Crippen molar-refractivity contribution in [2.45, 2.75) is 18.1 Å². The first-order valence-corrected chi connectivity index (χ1v) is 13.6. The fraction of sp³-hybridized carbons (Fsp3) is 0.267. The highest BCUT2D eigenvalue weighted by atomic mass is 32.2. The van der Waals surface area contributed by atoms with Crippen molar-refractivity contribution >= 4 is 46.1 Å². The molecule has 0 spiro atoms.